The first-order valence-corrected chi connectivity index (χ1v) is 5.47. The molecule has 0 bridgehead atoms. The van der Waals surface area contributed by atoms with Crippen molar-refractivity contribution in [2.45, 2.75) is 25.8 Å². The summed E-state index contributed by atoms with van der Waals surface area (Å²) >= 11 is 0. The van der Waals surface area contributed by atoms with E-state index in [0.29, 0.717) is 6.42 Å². The fourth-order valence-corrected chi connectivity index (χ4v) is 1.41. The summed E-state index contributed by atoms with van der Waals surface area (Å²) in [5.74, 6) is -0.905. The zero-order valence-corrected chi connectivity index (χ0v) is 10.2. The molecular weight excluding hydrogens is 252 g/mol. The van der Waals surface area contributed by atoms with Crippen LogP contribution in [0.1, 0.15) is 25.3 Å². The molecule has 100 valence electrons. The minimum absolute atomic E-state index is 0.0295. The van der Waals surface area contributed by atoms with Gasteiger partial charge >= 0.3 is 11.7 Å². The van der Waals surface area contributed by atoms with E-state index in [0.717, 1.165) is 6.07 Å². The van der Waals surface area contributed by atoms with Crippen LogP contribution in [0.4, 0.5) is 11.5 Å². The number of nitriles is 1. The summed E-state index contributed by atoms with van der Waals surface area (Å²) in [7, 11) is 0. The third kappa shape index (κ3) is 4.23. The van der Waals surface area contributed by atoms with Crippen molar-refractivity contribution in [2.75, 3.05) is 5.32 Å². The number of aromatic nitrogens is 1. The molecule has 1 heterocycles. The third-order valence-corrected chi connectivity index (χ3v) is 2.37. The molecule has 19 heavy (non-hydrogen) atoms. The van der Waals surface area contributed by atoms with Crippen LogP contribution in [0.25, 0.3) is 0 Å². The number of nitro groups is 1. The van der Waals surface area contributed by atoms with E-state index in [2.05, 4.69) is 10.3 Å². The van der Waals surface area contributed by atoms with Gasteiger partial charge in [-0.25, -0.2) is 4.98 Å². The lowest BCUT2D eigenvalue weighted by atomic mass is 10.2. The molecule has 1 atom stereocenters. The number of carboxylic acid groups (broad SMARTS) is 1. The summed E-state index contributed by atoms with van der Waals surface area (Å²) in [6.07, 6.45) is 1.49. The number of pyridine rings is 1. The Bertz CT molecular complexity index is 538. The molecule has 8 heteroatoms. The molecule has 2 N–H and O–H groups in total. The second-order valence-electron chi connectivity index (χ2n) is 3.94. The predicted octanol–water partition coefficient (Wildman–Crippen LogP) is 1.53. The highest BCUT2D eigenvalue weighted by Crippen LogP contribution is 2.23. The SMILES string of the molecule is CC(CCC(=O)O)Nc1ncc(C#N)cc1[N+](=O)[O-]. The smallest absolute Gasteiger partial charge is 0.312 e. The summed E-state index contributed by atoms with van der Waals surface area (Å²) in [6.45, 7) is 1.70. The standard InChI is InChI=1S/C11H12N4O4/c1-7(2-3-10(16)17)14-11-9(15(18)19)4-8(5-12)6-13-11/h4,6-7H,2-3H2,1H3,(H,13,14)(H,16,17). The molecule has 1 aromatic rings. The average Bonchev–Trinajstić information content (AvgIpc) is 2.36. The maximum Gasteiger partial charge on any atom is 0.312 e. The fraction of sp³-hybridized carbons (Fsp3) is 0.364. The average molecular weight is 264 g/mol. The Morgan fingerprint density at radius 2 is 2.42 bits per heavy atom. The van der Waals surface area contributed by atoms with Crippen LogP contribution in [0.5, 0.6) is 0 Å². The quantitative estimate of drug-likeness (QED) is 0.588. The number of anilines is 1. The van der Waals surface area contributed by atoms with Crippen molar-refractivity contribution in [2.24, 2.45) is 0 Å². The monoisotopic (exact) mass is 264 g/mol. The van der Waals surface area contributed by atoms with Gasteiger partial charge in [0.1, 0.15) is 6.07 Å². The van der Waals surface area contributed by atoms with Crippen LogP contribution in [0.2, 0.25) is 0 Å². The van der Waals surface area contributed by atoms with E-state index < -0.39 is 10.9 Å². The Balaban J connectivity index is 2.86. The van der Waals surface area contributed by atoms with Gasteiger partial charge in [0.05, 0.1) is 10.5 Å². The molecule has 0 spiro atoms. The van der Waals surface area contributed by atoms with Crippen LogP contribution >= 0.6 is 0 Å². The lowest BCUT2D eigenvalue weighted by Crippen LogP contribution is -2.18. The van der Waals surface area contributed by atoms with E-state index in [9.17, 15) is 14.9 Å². The number of rotatable bonds is 6. The second kappa shape index (κ2) is 6.30. The normalized spacial score (nSPS) is 11.4. The molecule has 0 saturated heterocycles. The molecule has 1 aromatic heterocycles. The molecule has 1 unspecified atom stereocenters. The first-order valence-electron chi connectivity index (χ1n) is 5.47. The van der Waals surface area contributed by atoms with Gasteiger partial charge in [-0.1, -0.05) is 0 Å². The lowest BCUT2D eigenvalue weighted by molar-refractivity contribution is -0.384. The molecule has 1 rings (SSSR count). The van der Waals surface area contributed by atoms with Crippen molar-refractivity contribution >= 4 is 17.5 Å². The molecule has 0 saturated carbocycles. The maximum atomic E-state index is 10.9. The van der Waals surface area contributed by atoms with Gasteiger partial charge in [0.2, 0.25) is 5.82 Å². The van der Waals surface area contributed by atoms with Gasteiger partial charge in [-0.2, -0.15) is 5.26 Å². The van der Waals surface area contributed by atoms with Crippen LogP contribution in [-0.4, -0.2) is 27.0 Å². The molecule has 0 aliphatic rings. The number of hydrogen-bond acceptors (Lipinski definition) is 6. The van der Waals surface area contributed by atoms with E-state index in [4.69, 9.17) is 10.4 Å². The Morgan fingerprint density at radius 3 is 2.95 bits per heavy atom. The van der Waals surface area contributed by atoms with Crippen molar-refractivity contribution in [1.29, 1.82) is 5.26 Å². The molecule has 0 radical (unpaired) electrons. The summed E-state index contributed by atoms with van der Waals surface area (Å²) in [6, 6.07) is 2.61. The van der Waals surface area contributed by atoms with E-state index in [-0.39, 0.29) is 29.5 Å². The van der Waals surface area contributed by atoms with Crippen LogP contribution in [0.3, 0.4) is 0 Å². The van der Waals surface area contributed by atoms with E-state index in [1.54, 1.807) is 13.0 Å². The molecular formula is C11H12N4O4. The van der Waals surface area contributed by atoms with Gasteiger partial charge in [-0.3, -0.25) is 14.9 Å². The Kier molecular flexibility index (Phi) is 4.76. The van der Waals surface area contributed by atoms with Gasteiger partial charge in [-0.05, 0) is 13.3 Å². The second-order valence-corrected chi connectivity index (χ2v) is 3.94. The van der Waals surface area contributed by atoms with Crippen LogP contribution in [0.15, 0.2) is 12.3 Å². The maximum absolute atomic E-state index is 10.9. The van der Waals surface area contributed by atoms with Gasteiger partial charge in [0.15, 0.2) is 0 Å². The number of hydrogen-bond donors (Lipinski definition) is 2. The minimum Gasteiger partial charge on any atom is -0.481 e. The number of nitrogens with zero attached hydrogens (tertiary/aromatic N) is 3. The first-order chi connectivity index (χ1) is 8.93. The number of carboxylic acids is 1. The highest BCUT2D eigenvalue weighted by atomic mass is 16.6. The molecule has 0 amide bonds. The molecule has 0 aliphatic heterocycles. The molecule has 0 fully saturated rings. The Labute approximate surface area is 108 Å². The van der Waals surface area contributed by atoms with Gasteiger partial charge in [0, 0.05) is 24.7 Å². The van der Waals surface area contributed by atoms with Crippen LogP contribution < -0.4 is 5.32 Å². The predicted molar refractivity (Wildman–Crippen MR) is 65.6 cm³/mol. The van der Waals surface area contributed by atoms with Crippen molar-refractivity contribution < 1.29 is 14.8 Å². The molecule has 0 aliphatic carbocycles. The van der Waals surface area contributed by atoms with Gasteiger partial charge in [-0.15, -0.1) is 0 Å². The minimum atomic E-state index is -0.934. The first kappa shape index (κ1) is 14.4. The Morgan fingerprint density at radius 1 is 1.74 bits per heavy atom. The Hall–Kier alpha value is -2.69. The zero-order chi connectivity index (χ0) is 14.4. The van der Waals surface area contributed by atoms with Crippen molar-refractivity contribution in [1.82, 2.24) is 4.98 Å². The van der Waals surface area contributed by atoms with Crippen molar-refractivity contribution in [3.05, 3.63) is 27.9 Å². The summed E-state index contributed by atoms with van der Waals surface area (Å²) in [4.78, 5) is 24.5. The number of nitrogens with one attached hydrogen (secondary N) is 1. The third-order valence-electron chi connectivity index (χ3n) is 2.37. The van der Waals surface area contributed by atoms with Crippen LogP contribution in [0, 0.1) is 21.4 Å². The van der Waals surface area contributed by atoms with Crippen LogP contribution in [-0.2, 0) is 4.79 Å². The highest BCUT2D eigenvalue weighted by molar-refractivity contribution is 5.66. The van der Waals surface area contributed by atoms with E-state index in [1.807, 2.05) is 0 Å². The summed E-state index contributed by atoms with van der Waals surface area (Å²) < 4.78 is 0. The number of aliphatic carboxylic acids is 1. The summed E-state index contributed by atoms with van der Waals surface area (Å²) in [5.41, 5.74) is -0.211. The van der Waals surface area contributed by atoms with Crippen molar-refractivity contribution in [3.63, 3.8) is 0 Å². The zero-order valence-electron chi connectivity index (χ0n) is 10.2. The van der Waals surface area contributed by atoms with Gasteiger partial charge in [0.25, 0.3) is 0 Å². The molecule has 8 nitrogen and oxygen atoms in total. The largest absolute Gasteiger partial charge is 0.481 e. The highest BCUT2D eigenvalue weighted by Gasteiger charge is 2.18. The lowest BCUT2D eigenvalue weighted by Gasteiger charge is -2.13. The number of carbonyl (C=O) groups is 1. The van der Waals surface area contributed by atoms with Gasteiger partial charge < -0.3 is 10.4 Å². The van der Waals surface area contributed by atoms with E-state index in [1.165, 1.54) is 6.20 Å². The topological polar surface area (TPSA) is 129 Å². The van der Waals surface area contributed by atoms with Crippen molar-refractivity contribution in [3.8, 4) is 6.07 Å². The fourth-order valence-electron chi connectivity index (χ4n) is 1.41. The molecule has 0 aromatic carbocycles. The van der Waals surface area contributed by atoms with E-state index >= 15 is 0 Å². The summed E-state index contributed by atoms with van der Waals surface area (Å²) in [5, 5.41) is 30.8.